The van der Waals surface area contributed by atoms with E-state index in [1.165, 1.54) is 0 Å². The van der Waals surface area contributed by atoms with Crippen molar-refractivity contribution < 1.29 is 14.3 Å². The molecular formula is C17H19NO3. The van der Waals surface area contributed by atoms with Gasteiger partial charge in [0, 0.05) is 0 Å². The monoisotopic (exact) mass is 285 g/mol. The molecule has 21 heavy (non-hydrogen) atoms. The summed E-state index contributed by atoms with van der Waals surface area (Å²) >= 11 is 0. The lowest BCUT2D eigenvalue weighted by molar-refractivity contribution is -0.123. The Kier molecular flexibility index (Phi) is 5.21. The largest absolute Gasteiger partial charge is 0.497 e. The second kappa shape index (κ2) is 7.33. The van der Waals surface area contributed by atoms with Crippen LogP contribution in [0.15, 0.2) is 54.6 Å². The predicted octanol–water partition coefficient (Wildman–Crippen LogP) is 2.95. The molecule has 0 bridgehead atoms. The topological polar surface area (TPSA) is 47.6 Å². The van der Waals surface area contributed by atoms with Crippen LogP contribution in [-0.2, 0) is 4.79 Å². The van der Waals surface area contributed by atoms with Gasteiger partial charge in [-0.05, 0) is 36.8 Å². The highest BCUT2D eigenvalue weighted by molar-refractivity contribution is 5.78. The van der Waals surface area contributed by atoms with Crippen molar-refractivity contribution in [2.75, 3.05) is 13.7 Å². The Morgan fingerprint density at radius 2 is 1.81 bits per heavy atom. The summed E-state index contributed by atoms with van der Waals surface area (Å²) in [6.07, 6.45) is 0. The molecule has 1 atom stereocenters. The first-order valence-corrected chi connectivity index (χ1v) is 6.80. The van der Waals surface area contributed by atoms with Gasteiger partial charge in [-0.1, -0.05) is 30.3 Å². The van der Waals surface area contributed by atoms with Gasteiger partial charge in [0.2, 0.25) is 0 Å². The van der Waals surface area contributed by atoms with E-state index < -0.39 is 0 Å². The van der Waals surface area contributed by atoms with Crippen molar-refractivity contribution in [3.8, 4) is 11.5 Å². The van der Waals surface area contributed by atoms with Gasteiger partial charge in [0.05, 0.1) is 13.2 Å². The molecule has 1 amide bonds. The van der Waals surface area contributed by atoms with Gasteiger partial charge in [-0.15, -0.1) is 0 Å². The fourth-order valence-electron chi connectivity index (χ4n) is 1.94. The normalized spacial score (nSPS) is 11.5. The lowest BCUT2D eigenvalue weighted by Gasteiger charge is -2.15. The molecule has 2 aromatic rings. The zero-order valence-electron chi connectivity index (χ0n) is 12.2. The van der Waals surface area contributed by atoms with Crippen LogP contribution in [0.25, 0.3) is 0 Å². The number of carbonyl (C=O) groups excluding carboxylic acids is 1. The van der Waals surface area contributed by atoms with Gasteiger partial charge < -0.3 is 14.8 Å². The van der Waals surface area contributed by atoms with E-state index in [0.29, 0.717) is 5.75 Å². The third-order valence-electron chi connectivity index (χ3n) is 3.08. The Morgan fingerprint density at radius 3 is 2.52 bits per heavy atom. The van der Waals surface area contributed by atoms with Gasteiger partial charge in [0.25, 0.3) is 5.91 Å². The Bertz CT molecular complexity index is 584. The number of rotatable bonds is 6. The second-order valence-corrected chi connectivity index (χ2v) is 4.67. The van der Waals surface area contributed by atoms with E-state index in [2.05, 4.69) is 5.32 Å². The average molecular weight is 285 g/mol. The number of nitrogens with one attached hydrogen (secondary N) is 1. The minimum atomic E-state index is -0.158. The van der Waals surface area contributed by atoms with Crippen molar-refractivity contribution in [3.05, 3.63) is 60.2 Å². The van der Waals surface area contributed by atoms with E-state index >= 15 is 0 Å². The van der Waals surface area contributed by atoms with Crippen LogP contribution < -0.4 is 14.8 Å². The zero-order chi connectivity index (χ0) is 15.1. The van der Waals surface area contributed by atoms with E-state index in [9.17, 15) is 4.79 Å². The molecule has 0 radical (unpaired) electrons. The summed E-state index contributed by atoms with van der Waals surface area (Å²) in [4.78, 5) is 11.9. The third kappa shape index (κ3) is 4.53. The van der Waals surface area contributed by atoms with Crippen LogP contribution in [-0.4, -0.2) is 19.6 Å². The predicted molar refractivity (Wildman–Crippen MR) is 81.5 cm³/mol. The molecule has 110 valence electrons. The zero-order valence-corrected chi connectivity index (χ0v) is 12.2. The van der Waals surface area contributed by atoms with Crippen molar-refractivity contribution >= 4 is 5.91 Å². The van der Waals surface area contributed by atoms with Crippen LogP contribution in [0.1, 0.15) is 18.5 Å². The SMILES string of the molecule is COc1cccc(C(C)NC(=O)COc2ccccc2)c1. The third-order valence-corrected chi connectivity index (χ3v) is 3.08. The Balaban J connectivity index is 1.87. The number of carbonyl (C=O) groups is 1. The maximum atomic E-state index is 11.9. The Labute approximate surface area is 124 Å². The fraction of sp³-hybridized carbons (Fsp3) is 0.235. The van der Waals surface area contributed by atoms with Crippen LogP contribution in [0.3, 0.4) is 0 Å². The minimum Gasteiger partial charge on any atom is -0.497 e. The maximum absolute atomic E-state index is 11.9. The molecule has 1 N–H and O–H groups in total. The standard InChI is InChI=1S/C17H19NO3/c1-13(14-7-6-10-16(11-14)20-2)18-17(19)12-21-15-8-4-3-5-9-15/h3-11,13H,12H2,1-2H3,(H,18,19). The number of hydrogen-bond donors (Lipinski definition) is 1. The maximum Gasteiger partial charge on any atom is 0.258 e. The summed E-state index contributed by atoms with van der Waals surface area (Å²) in [6.45, 7) is 1.92. The molecule has 0 spiro atoms. The molecular weight excluding hydrogens is 266 g/mol. The van der Waals surface area contributed by atoms with Crippen molar-refractivity contribution in [1.82, 2.24) is 5.32 Å². The summed E-state index contributed by atoms with van der Waals surface area (Å²) < 4.78 is 10.6. The van der Waals surface area contributed by atoms with Gasteiger partial charge in [-0.25, -0.2) is 0 Å². The molecule has 0 heterocycles. The molecule has 0 fully saturated rings. The molecule has 0 aromatic heterocycles. The number of hydrogen-bond acceptors (Lipinski definition) is 3. The molecule has 0 saturated carbocycles. The molecule has 0 saturated heterocycles. The summed E-state index contributed by atoms with van der Waals surface area (Å²) in [7, 11) is 1.62. The van der Waals surface area contributed by atoms with Crippen molar-refractivity contribution in [3.63, 3.8) is 0 Å². The quantitative estimate of drug-likeness (QED) is 0.887. The van der Waals surface area contributed by atoms with E-state index in [4.69, 9.17) is 9.47 Å². The number of para-hydroxylation sites is 1. The number of benzene rings is 2. The highest BCUT2D eigenvalue weighted by atomic mass is 16.5. The Morgan fingerprint density at radius 1 is 1.10 bits per heavy atom. The van der Waals surface area contributed by atoms with Crippen LogP contribution in [0.2, 0.25) is 0 Å². The first-order chi connectivity index (χ1) is 10.2. The summed E-state index contributed by atoms with van der Waals surface area (Å²) in [5.74, 6) is 1.30. The van der Waals surface area contributed by atoms with Gasteiger partial charge in [-0.2, -0.15) is 0 Å². The lowest BCUT2D eigenvalue weighted by Crippen LogP contribution is -2.31. The summed E-state index contributed by atoms with van der Waals surface area (Å²) in [5, 5.41) is 2.90. The molecule has 2 aromatic carbocycles. The van der Waals surface area contributed by atoms with E-state index in [-0.39, 0.29) is 18.6 Å². The van der Waals surface area contributed by atoms with Crippen molar-refractivity contribution in [2.24, 2.45) is 0 Å². The average Bonchev–Trinajstić information content (AvgIpc) is 2.54. The van der Waals surface area contributed by atoms with E-state index in [1.807, 2.05) is 61.5 Å². The smallest absolute Gasteiger partial charge is 0.258 e. The highest BCUT2D eigenvalue weighted by Gasteiger charge is 2.10. The number of ether oxygens (including phenoxy) is 2. The molecule has 1 unspecified atom stereocenters. The number of amides is 1. The van der Waals surface area contributed by atoms with Crippen molar-refractivity contribution in [1.29, 1.82) is 0 Å². The second-order valence-electron chi connectivity index (χ2n) is 4.67. The van der Waals surface area contributed by atoms with Crippen LogP contribution >= 0.6 is 0 Å². The van der Waals surface area contributed by atoms with Gasteiger partial charge in [0.1, 0.15) is 11.5 Å². The van der Waals surface area contributed by atoms with Gasteiger partial charge in [0.15, 0.2) is 6.61 Å². The van der Waals surface area contributed by atoms with Crippen LogP contribution in [0.5, 0.6) is 11.5 Å². The van der Waals surface area contributed by atoms with Gasteiger partial charge in [-0.3, -0.25) is 4.79 Å². The molecule has 0 aliphatic rings. The van der Waals surface area contributed by atoms with Gasteiger partial charge >= 0.3 is 0 Å². The number of methoxy groups -OCH3 is 1. The first kappa shape index (κ1) is 14.9. The fourth-order valence-corrected chi connectivity index (χ4v) is 1.94. The van der Waals surface area contributed by atoms with E-state index in [1.54, 1.807) is 7.11 Å². The Hall–Kier alpha value is -2.49. The van der Waals surface area contributed by atoms with Crippen LogP contribution in [0.4, 0.5) is 0 Å². The molecule has 4 heteroatoms. The van der Waals surface area contributed by atoms with E-state index in [0.717, 1.165) is 11.3 Å². The highest BCUT2D eigenvalue weighted by Crippen LogP contribution is 2.18. The van der Waals surface area contributed by atoms with Crippen LogP contribution in [0, 0.1) is 0 Å². The summed E-state index contributed by atoms with van der Waals surface area (Å²) in [5.41, 5.74) is 0.988. The minimum absolute atomic E-state index is 0.00166. The lowest BCUT2D eigenvalue weighted by atomic mass is 10.1. The molecule has 0 aliphatic heterocycles. The molecule has 4 nitrogen and oxygen atoms in total. The molecule has 0 aliphatic carbocycles. The summed E-state index contributed by atoms with van der Waals surface area (Å²) in [6, 6.07) is 16.8. The first-order valence-electron chi connectivity index (χ1n) is 6.80. The van der Waals surface area contributed by atoms with Crippen molar-refractivity contribution in [2.45, 2.75) is 13.0 Å². The molecule has 2 rings (SSSR count).